The first kappa shape index (κ1) is 14.7. The number of unbranched alkanes of at least 4 members (excludes halogenated alkanes) is 3. The summed E-state index contributed by atoms with van der Waals surface area (Å²) in [6, 6.07) is 2.63. The van der Waals surface area contributed by atoms with Crippen LogP contribution in [-0.2, 0) is 0 Å². The zero-order valence-electron chi connectivity index (χ0n) is 9.73. The maximum absolute atomic E-state index is 13.5. The lowest BCUT2D eigenvalue weighted by Gasteiger charge is -2.04. The Morgan fingerprint density at radius 3 is 2.71 bits per heavy atom. The molecular formula is C13H15BrClFO. The van der Waals surface area contributed by atoms with E-state index in [1.807, 2.05) is 0 Å². The van der Waals surface area contributed by atoms with Crippen LogP contribution in [0.5, 0.6) is 0 Å². The Morgan fingerprint density at radius 2 is 2.06 bits per heavy atom. The Hall–Kier alpha value is -0.410. The van der Waals surface area contributed by atoms with Crippen LogP contribution in [0.1, 0.15) is 49.4 Å². The maximum atomic E-state index is 13.5. The number of carbonyl (C=O) groups is 1. The highest BCUT2D eigenvalue weighted by atomic mass is 79.9. The number of benzene rings is 1. The summed E-state index contributed by atoms with van der Waals surface area (Å²) < 4.78 is 14.0. The molecule has 0 saturated heterocycles. The highest BCUT2D eigenvalue weighted by Crippen LogP contribution is 2.26. The molecule has 0 aliphatic heterocycles. The molecule has 4 heteroatoms. The molecule has 1 aromatic carbocycles. The molecular weight excluding hydrogens is 306 g/mol. The van der Waals surface area contributed by atoms with Crippen molar-refractivity contribution in [3.05, 3.63) is 33.0 Å². The number of rotatable bonds is 6. The number of hydrogen-bond donors (Lipinski definition) is 0. The number of Topliss-reactive ketones (excluding diaryl/α,β-unsaturated/α-hetero) is 1. The van der Waals surface area contributed by atoms with E-state index in [2.05, 4.69) is 22.9 Å². The van der Waals surface area contributed by atoms with Gasteiger partial charge in [-0.25, -0.2) is 4.39 Å². The minimum absolute atomic E-state index is 0.0923. The van der Waals surface area contributed by atoms with Crippen molar-refractivity contribution in [1.29, 1.82) is 0 Å². The van der Waals surface area contributed by atoms with Crippen molar-refractivity contribution in [2.24, 2.45) is 0 Å². The standard InChI is InChI=1S/C13H15BrClFO/c1-2-3-4-5-6-13(17)9-7-11(15)10(14)8-12(9)16/h7-8H,2-6H2,1H3. The second-order valence-electron chi connectivity index (χ2n) is 3.98. The molecule has 0 aromatic heterocycles. The lowest BCUT2D eigenvalue weighted by atomic mass is 10.0. The van der Waals surface area contributed by atoms with Gasteiger partial charge in [-0.15, -0.1) is 0 Å². The van der Waals surface area contributed by atoms with Crippen LogP contribution in [0.25, 0.3) is 0 Å². The molecule has 1 aromatic rings. The van der Waals surface area contributed by atoms with Gasteiger partial charge in [0.15, 0.2) is 5.78 Å². The van der Waals surface area contributed by atoms with Gasteiger partial charge in [0.1, 0.15) is 5.82 Å². The van der Waals surface area contributed by atoms with Crippen LogP contribution in [0.15, 0.2) is 16.6 Å². The summed E-state index contributed by atoms with van der Waals surface area (Å²) in [5.41, 5.74) is 0.0923. The largest absolute Gasteiger partial charge is 0.294 e. The molecule has 0 N–H and O–H groups in total. The highest BCUT2D eigenvalue weighted by Gasteiger charge is 2.13. The van der Waals surface area contributed by atoms with Crippen LogP contribution >= 0.6 is 27.5 Å². The third-order valence-corrected chi connectivity index (χ3v) is 3.76. The minimum Gasteiger partial charge on any atom is -0.294 e. The Kier molecular flexibility index (Phi) is 6.14. The van der Waals surface area contributed by atoms with Crippen molar-refractivity contribution in [1.82, 2.24) is 0 Å². The normalized spacial score (nSPS) is 10.6. The van der Waals surface area contributed by atoms with Crippen LogP contribution in [0.2, 0.25) is 5.02 Å². The van der Waals surface area contributed by atoms with E-state index in [-0.39, 0.29) is 11.3 Å². The Morgan fingerprint density at radius 1 is 1.35 bits per heavy atom. The van der Waals surface area contributed by atoms with E-state index < -0.39 is 5.82 Å². The molecule has 1 nitrogen and oxygen atoms in total. The predicted molar refractivity (Wildman–Crippen MR) is 72.2 cm³/mol. The number of carbonyl (C=O) groups excluding carboxylic acids is 1. The predicted octanol–water partition coefficient (Wildman–Crippen LogP) is 5.39. The van der Waals surface area contributed by atoms with Crippen LogP contribution < -0.4 is 0 Å². The summed E-state index contributed by atoms with van der Waals surface area (Å²) >= 11 is 8.97. The molecule has 0 fully saturated rings. The monoisotopic (exact) mass is 320 g/mol. The van der Waals surface area contributed by atoms with Crippen LogP contribution in [-0.4, -0.2) is 5.78 Å². The molecule has 17 heavy (non-hydrogen) atoms. The molecule has 0 aliphatic carbocycles. The minimum atomic E-state index is -0.512. The number of ketones is 1. The van der Waals surface area contributed by atoms with Gasteiger partial charge in [-0.2, -0.15) is 0 Å². The number of hydrogen-bond acceptors (Lipinski definition) is 1. The molecule has 1 rings (SSSR count). The molecule has 0 spiro atoms. The fraction of sp³-hybridized carbons (Fsp3) is 0.462. The molecule has 94 valence electrons. The van der Waals surface area contributed by atoms with Gasteiger partial charge in [-0.1, -0.05) is 37.8 Å². The molecule has 0 saturated carbocycles. The van der Waals surface area contributed by atoms with E-state index in [0.29, 0.717) is 15.9 Å². The third kappa shape index (κ3) is 4.40. The smallest absolute Gasteiger partial charge is 0.165 e. The molecule has 0 radical (unpaired) electrons. The summed E-state index contributed by atoms with van der Waals surface area (Å²) in [6.07, 6.45) is 4.42. The van der Waals surface area contributed by atoms with Gasteiger partial charge in [0.25, 0.3) is 0 Å². The van der Waals surface area contributed by atoms with E-state index in [1.165, 1.54) is 12.1 Å². The number of halogens is 3. The second kappa shape index (κ2) is 7.12. The summed E-state index contributed by atoms with van der Waals surface area (Å²) in [4.78, 5) is 11.8. The van der Waals surface area contributed by atoms with Gasteiger partial charge < -0.3 is 0 Å². The molecule has 0 atom stereocenters. The summed E-state index contributed by atoms with van der Waals surface area (Å²) in [5.74, 6) is -0.685. The first-order valence-corrected chi connectivity index (χ1v) is 6.91. The average Bonchev–Trinajstić information content (AvgIpc) is 2.29. The van der Waals surface area contributed by atoms with Crippen molar-refractivity contribution in [2.45, 2.75) is 39.0 Å². The molecule has 0 bridgehead atoms. The topological polar surface area (TPSA) is 17.1 Å². The van der Waals surface area contributed by atoms with E-state index in [1.54, 1.807) is 0 Å². The quantitative estimate of drug-likeness (QED) is 0.390. The molecule has 0 unspecified atom stereocenters. The van der Waals surface area contributed by atoms with E-state index in [9.17, 15) is 9.18 Å². The molecule has 0 heterocycles. The van der Waals surface area contributed by atoms with Gasteiger partial charge >= 0.3 is 0 Å². The molecule has 0 aliphatic rings. The summed E-state index contributed by atoms with van der Waals surface area (Å²) in [5, 5.41) is 0.364. The lowest BCUT2D eigenvalue weighted by Crippen LogP contribution is -2.02. The zero-order chi connectivity index (χ0) is 12.8. The Labute approximate surface area is 114 Å². The van der Waals surface area contributed by atoms with Crippen molar-refractivity contribution in [2.75, 3.05) is 0 Å². The first-order chi connectivity index (χ1) is 8.06. The van der Waals surface area contributed by atoms with Crippen molar-refractivity contribution >= 4 is 33.3 Å². The fourth-order valence-electron chi connectivity index (χ4n) is 1.58. The van der Waals surface area contributed by atoms with Gasteiger partial charge in [0.2, 0.25) is 0 Å². The highest BCUT2D eigenvalue weighted by molar-refractivity contribution is 9.10. The summed E-state index contributed by atoms with van der Waals surface area (Å²) in [7, 11) is 0. The van der Waals surface area contributed by atoms with Gasteiger partial charge in [0.05, 0.1) is 10.6 Å². The average molecular weight is 322 g/mol. The maximum Gasteiger partial charge on any atom is 0.165 e. The second-order valence-corrected chi connectivity index (χ2v) is 5.24. The third-order valence-electron chi connectivity index (χ3n) is 2.57. The van der Waals surface area contributed by atoms with Gasteiger partial charge in [-0.05, 0) is 34.5 Å². The van der Waals surface area contributed by atoms with Gasteiger partial charge in [0, 0.05) is 10.9 Å². The van der Waals surface area contributed by atoms with E-state index in [4.69, 9.17) is 11.6 Å². The van der Waals surface area contributed by atoms with E-state index >= 15 is 0 Å². The summed E-state index contributed by atoms with van der Waals surface area (Å²) in [6.45, 7) is 2.11. The zero-order valence-corrected chi connectivity index (χ0v) is 12.1. The van der Waals surface area contributed by atoms with E-state index in [0.717, 1.165) is 25.7 Å². The SMILES string of the molecule is CCCCCCC(=O)c1cc(Cl)c(Br)cc1F. The van der Waals surface area contributed by atoms with Crippen molar-refractivity contribution in [3.63, 3.8) is 0 Å². The van der Waals surface area contributed by atoms with Crippen molar-refractivity contribution < 1.29 is 9.18 Å². The lowest BCUT2D eigenvalue weighted by molar-refractivity contribution is 0.0975. The van der Waals surface area contributed by atoms with Crippen molar-refractivity contribution in [3.8, 4) is 0 Å². The van der Waals surface area contributed by atoms with Crippen LogP contribution in [0, 0.1) is 5.82 Å². The first-order valence-electron chi connectivity index (χ1n) is 5.74. The fourth-order valence-corrected chi connectivity index (χ4v) is 2.06. The van der Waals surface area contributed by atoms with Gasteiger partial charge in [-0.3, -0.25) is 4.79 Å². The Bertz CT molecular complexity index is 407. The Balaban J connectivity index is 2.66. The molecule has 0 amide bonds. The van der Waals surface area contributed by atoms with Crippen LogP contribution in [0.3, 0.4) is 0 Å². The van der Waals surface area contributed by atoms with Crippen LogP contribution in [0.4, 0.5) is 4.39 Å².